The van der Waals surface area contributed by atoms with Crippen LogP contribution >= 0.6 is 24.0 Å². The molecule has 2 rings (SSSR count). The lowest BCUT2D eigenvalue weighted by atomic mass is 10.1. The number of morpholine rings is 1. The molecule has 0 amide bonds. The Bertz CT molecular complexity index is 790. The van der Waals surface area contributed by atoms with Crippen LogP contribution in [0.5, 0.6) is 0 Å². The third-order valence-corrected chi connectivity index (χ3v) is 6.36. The molecule has 1 aliphatic rings. The van der Waals surface area contributed by atoms with Gasteiger partial charge in [-0.05, 0) is 52.3 Å². The van der Waals surface area contributed by atoms with Crippen molar-refractivity contribution in [3.63, 3.8) is 0 Å². The minimum Gasteiger partial charge on any atom is -0.379 e. The Balaban J connectivity index is 0.00000480. The molecule has 1 heterocycles. The molecular weight excluding hydrogens is 529 g/mol. The van der Waals surface area contributed by atoms with Crippen molar-refractivity contribution in [3.05, 3.63) is 29.8 Å². The molecule has 3 N–H and O–H groups in total. The number of nitrogens with zero attached hydrogens (tertiary/aromatic N) is 2. The first-order valence-corrected chi connectivity index (χ1v) is 12.1. The molecule has 0 spiro atoms. The highest BCUT2D eigenvalue weighted by Gasteiger charge is 2.24. The van der Waals surface area contributed by atoms with Crippen LogP contribution in [0.3, 0.4) is 0 Å². The number of sulfonamides is 1. The SMILES string of the molecule is CCNC(=NCc1ccccc1S(=O)(=O)NC(C)(C)C)NCCCN1CCOCC1.I. The van der Waals surface area contributed by atoms with E-state index in [4.69, 9.17) is 4.74 Å². The van der Waals surface area contributed by atoms with E-state index < -0.39 is 15.6 Å². The second-order valence-corrected chi connectivity index (χ2v) is 10.0. The van der Waals surface area contributed by atoms with E-state index in [9.17, 15) is 8.42 Å². The third-order valence-electron chi connectivity index (χ3n) is 4.50. The maximum absolute atomic E-state index is 12.8. The van der Waals surface area contributed by atoms with Gasteiger partial charge in [0, 0.05) is 31.7 Å². The van der Waals surface area contributed by atoms with Gasteiger partial charge in [0.1, 0.15) is 0 Å². The van der Waals surface area contributed by atoms with Crippen molar-refractivity contribution in [1.82, 2.24) is 20.3 Å². The van der Waals surface area contributed by atoms with Crippen LogP contribution in [0.2, 0.25) is 0 Å². The zero-order chi connectivity index (χ0) is 22.0. The first kappa shape index (κ1) is 28.1. The van der Waals surface area contributed by atoms with E-state index in [0.717, 1.165) is 52.4 Å². The van der Waals surface area contributed by atoms with Crippen LogP contribution in [0.1, 0.15) is 39.7 Å². The van der Waals surface area contributed by atoms with Crippen molar-refractivity contribution in [2.45, 2.75) is 51.1 Å². The molecule has 0 unspecified atom stereocenters. The molecule has 1 aliphatic heterocycles. The smallest absolute Gasteiger partial charge is 0.241 e. The predicted molar refractivity (Wildman–Crippen MR) is 137 cm³/mol. The molecule has 1 saturated heterocycles. The van der Waals surface area contributed by atoms with Crippen molar-refractivity contribution in [1.29, 1.82) is 0 Å². The Morgan fingerprint density at radius 1 is 1.16 bits per heavy atom. The standard InChI is InChI=1S/C21H37N5O3S.HI/c1-5-22-20(23-11-8-12-26-13-15-29-16-14-26)24-17-18-9-6-7-10-19(18)30(27,28)25-21(2,3)4;/h6-7,9-10,25H,5,8,11-17H2,1-4H3,(H2,22,23,24);1H. The van der Waals surface area contributed by atoms with Crippen molar-refractivity contribution in [2.75, 3.05) is 45.9 Å². The quantitative estimate of drug-likeness (QED) is 0.183. The maximum Gasteiger partial charge on any atom is 0.241 e. The van der Waals surface area contributed by atoms with E-state index in [1.807, 2.05) is 39.8 Å². The number of aliphatic imine (C=N–C) groups is 1. The molecule has 1 aromatic carbocycles. The van der Waals surface area contributed by atoms with E-state index in [1.54, 1.807) is 12.1 Å². The summed E-state index contributed by atoms with van der Waals surface area (Å²) in [6.45, 7) is 13.9. The predicted octanol–water partition coefficient (Wildman–Crippen LogP) is 2.16. The Labute approximate surface area is 204 Å². The van der Waals surface area contributed by atoms with Gasteiger partial charge in [-0.3, -0.25) is 4.90 Å². The largest absolute Gasteiger partial charge is 0.379 e. The van der Waals surface area contributed by atoms with Crippen molar-refractivity contribution in [3.8, 4) is 0 Å². The fraction of sp³-hybridized carbons (Fsp3) is 0.667. The molecule has 31 heavy (non-hydrogen) atoms. The van der Waals surface area contributed by atoms with Gasteiger partial charge >= 0.3 is 0 Å². The number of halogens is 1. The summed E-state index contributed by atoms with van der Waals surface area (Å²) in [5.41, 5.74) is 0.117. The summed E-state index contributed by atoms with van der Waals surface area (Å²) in [4.78, 5) is 7.28. The summed E-state index contributed by atoms with van der Waals surface area (Å²) in [5, 5.41) is 6.57. The summed E-state index contributed by atoms with van der Waals surface area (Å²) in [6, 6.07) is 7.01. The molecule has 0 aliphatic carbocycles. The van der Waals surface area contributed by atoms with Gasteiger partial charge < -0.3 is 15.4 Å². The minimum absolute atomic E-state index is 0. The fourth-order valence-corrected chi connectivity index (χ4v) is 4.85. The number of guanidine groups is 1. The highest BCUT2D eigenvalue weighted by molar-refractivity contribution is 14.0. The average Bonchev–Trinajstić information content (AvgIpc) is 2.68. The van der Waals surface area contributed by atoms with Crippen LogP contribution in [0.25, 0.3) is 0 Å². The molecular formula is C21H38IN5O3S. The van der Waals surface area contributed by atoms with E-state index >= 15 is 0 Å². The van der Waals surface area contributed by atoms with E-state index in [1.165, 1.54) is 0 Å². The lowest BCUT2D eigenvalue weighted by Gasteiger charge is -2.26. The molecule has 0 aromatic heterocycles. The van der Waals surface area contributed by atoms with Crippen LogP contribution in [-0.4, -0.2) is 70.8 Å². The zero-order valence-electron chi connectivity index (χ0n) is 19.1. The maximum atomic E-state index is 12.8. The number of ether oxygens (including phenoxy) is 1. The Kier molecular flexibility index (Phi) is 12.3. The Hall–Kier alpha value is -0.950. The van der Waals surface area contributed by atoms with Gasteiger partial charge in [0.25, 0.3) is 0 Å². The summed E-state index contributed by atoms with van der Waals surface area (Å²) in [5.74, 6) is 0.690. The number of hydrogen-bond donors (Lipinski definition) is 3. The fourth-order valence-electron chi connectivity index (χ4n) is 3.19. The molecule has 0 bridgehead atoms. The van der Waals surface area contributed by atoms with Crippen LogP contribution < -0.4 is 15.4 Å². The molecule has 8 nitrogen and oxygen atoms in total. The Morgan fingerprint density at radius 3 is 2.48 bits per heavy atom. The first-order valence-electron chi connectivity index (χ1n) is 10.7. The van der Waals surface area contributed by atoms with Crippen LogP contribution in [0.4, 0.5) is 0 Å². The van der Waals surface area contributed by atoms with Gasteiger partial charge in [-0.2, -0.15) is 0 Å². The summed E-state index contributed by atoms with van der Waals surface area (Å²) < 4.78 is 33.7. The highest BCUT2D eigenvalue weighted by atomic mass is 127. The second kappa shape index (κ2) is 13.6. The zero-order valence-corrected chi connectivity index (χ0v) is 22.3. The van der Waals surface area contributed by atoms with Crippen LogP contribution in [0, 0.1) is 0 Å². The first-order chi connectivity index (χ1) is 14.2. The molecule has 0 saturated carbocycles. The van der Waals surface area contributed by atoms with Gasteiger partial charge in [0.15, 0.2) is 5.96 Å². The number of benzene rings is 1. The van der Waals surface area contributed by atoms with Crippen molar-refractivity contribution < 1.29 is 13.2 Å². The van der Waals surface area contributed by atoms with Crippen molar-refractivity contribution in [2.24, 2.45) is 4.99 Å². The van der Waals surface area contributed by atoms with Crippen LogP contribution in [0.15, 0.2) is 34.2 Å². The molecule has 1 aromatic rings. The lowest BCUT2D eigenvalue weighted by molar-refractivity contribution is 0.0376. The Morgan fingerprint density at radius 2 is 1.84 bits per heavy atom. The van der Waals surface area contributed by atoms with Gasteiger partial charge in [0.2, 0.25) is 10.0 Å². The monoisotopic (exact) mass is 567 g/mol. The third kappa shape index (κ3) is 10.5. The lowest BCUT2D eigenvalue weighted by Crippen LogP contribution is -2.41. The summed E-state index contributed by atoms with van der Waals surface area (Å²) >= 11 is 0. The van der Waals surface area contributed by atoms with Crippen molar-refractivity contribution >= 4 is 40.0 Å². The highest BCUT2D eigenvalue weighted by Crippen LogP contribution is 2.18. The second-order valence-electron chi connectivity index (χ2n) is 8.39. The van der Waals surface area contributed by atoms with Gasteiger partial charge in [-0.15, -0.1) is 24.0 Å². The van der Waals surface area contributed by atoms with E-state index in [-0.39, 0.29) is 35.4 Å². The minimum atomic E-state index is -3.62. The number of rotatable bonds is 9. The average molecular weight is 568 g/mol. The normalized spacial score (nSPS) is 15.9. The summed E-state index contributed by atoms with van der Waals surface area (Å²) in [6.07, 6.45) is 1.00. The molecule has 0 radical (unpaired) electrons. The van der Waals surface area contributed by atoms with Crippen LogP contribution in [-0.2, 0) is 21.3 Å². The summed E-state index contributed by atoms with van der Waals surface area (Å²) in [7, 11) is -3.62. The molecule has 0 atom stereocenters. The van der Waals surface area contributed by atoms with E-state index in [0.29, 0.717) is 11.5 Å². The number of nitrogens with one attached hydrogen (secondary N) is 3. The molecule has 10 heteroatoms. The molecule has 1 fully saturated rings. The van der Waals surface area contributed by atoms with Gasteiger partial charge in [0.05, 0.1) is 24.7 Å². The van der Waals surface area contributed by atoms with Gasteiger partial charge in [-0.1, -0.05) is 18.2 Å². The topological polar surface area (TPSA) is 95.1 Å². The molecule has 178 valence electrons. The van der Waals surface area contributed by atoms with Gasteiger partial charge in [-0.25, -0.2) is 18.1 Å². The van der Waals surface area contributed by atoms with E-state index in [2.05, 4.69) is 25.2 Å². The number of hydrogen-bond acceptors (Lipinski definition) is 5.